The molecular formula is C19H22N2O2. The van der Waals surface area contributed by atoms with Crippen molar-refractivity contribution >= 4 is 23.6 Å². The van der Waals surface area contributed by atoms with Crippen LogP contribution in [-0.4, -0.2) is 23.8 Å². The third kappa shape index (κ3) is 5.94. The molecule has 4 heteroatoms. The molecule has 2 rings (SSSR count). The number of carbonyl (C=O) groups is 1. The molecule has 0 aliphatic carbocycles. The maximum atomic E-state index is 10.9. The van der Waals surface area contributed by atoms with E-state index in [0.717, 1.165) is 11.4 Å². The first-order chi connectivity index (χ1) is 11.1. The summed E-state index contributed by atoms with van der Waals surface area (Å²) in [6.45, 7) is 2.65. The average Bonchev–Trinajstić information content (AvgIpc) is 2.59. The van der Waals surface area contributed by atoms with Gasteiger partial charge in [-0.15, -0.1) is 0 Å². The molecule has 1 atom stereocenters. The van der Waals surface area contributed by atoms with Gasteiger partial charge in [0.15, 0.2) is 0 Å². The van der Waals surface area contributed by atoms with E-state index in [9.17, 15) is 4.79 Å². The van der Waals surface area contributed by atoms with E-state index < -0.39 is 5.97 Å². The minimum absolute atomic E-state index is 0.119. The molecule has 0 aliphatic rings. The monoisotopic (exact) mass is 310 g/mol. The largest absolute Gasteiger partial charge is 0.481 e. The molecule has 2 N–H and O–H groups in total. The van der Waals surface area contributed by atoms with Gasteiger partial charge in [0.05, 0.1) is 5.69 Å². The molecule has 4 nitrogen and oxygen atoms in total. The summed E-state index contributed by atoms with van der Waals surface area (Å²) >= 11 is 0. The molecule has 120 valence electrons. The van der Waals surface area contributed by atoms with Crippen molar-refractivity contribution in [1.82, 2.24) is 0 Å². The number of aliphatic carboxylic acids is 1. The Kier molecular flexibility index (Phi) is 5.92. The summed E-state index contributed by atoms with van der Waals surface area (Å²) in [6, 6.07) is 19.6. The topological polar surface area (TPSA) is 61.7 Å². The Morgan fingerprint density at radius 1 is 1.13 bits per heavy atom. The fraction of sp³-hybridized carbons (Fsp3) is 0.263. The van der Waals surface area contributed by atoms with Gasteiger partial charge in [-0.1, -0.05) is 43.3 Å². The van der Waals surface area contributed by atoms with Crippen LogP contribution in [0.4, 0.5) is 11.4 Å². The van der Waals surface area contributed by atoms with Gasteiger partial charge in [-0.05, 0) is 30.7 Å². The normalized spacial score (nSPS) is 13.6. The lowest BCUT2D eigenvalue weighted by atomic mass is 9.86. The van der Waals surface area contributed by atoms with Gasteiger partial charge in [0, 0.05) is 30.3 Å². The van der Waals surface area contributed by atoms with Crippen LogP contribution in [0.25, 0.3) is 0 Å². The smallest absolute Gasteiger partial charge is 0.303 e. The first-order valence-corrected chi connectivity index (χ1v) is 7.68. The van der Waals surface area contributed by atoms with Crippen molar-refractivity contribution in [2.24, 2.45) is 10.4 Å². The van der Waals surface area contributed by atoms with Crippen LogP contribution in [0.15, 0.2) is 65.7 Å². The second kappa shape index (κ2) is 8.13. The number of rotatable bonds is 8. The molecule has 0 bridgehead atoms. The number of carboxylic acid groups (broad SMARTS) is 1. The second-order valence-corrected chi connectivity index (χ2v) is 5.86. The summed E-state index contributed by atoms with van der Waals surface area (Å²) in [5, 5.41) is 12.3. The molecule has 2 aromatic carbocycles. The van der Waals surface area contributed by atoms with E-state index in [2.05, 4.69) is 10.3 Å². The number of nitrogens with zero attached hydrogens (tertiary/aromatic N) is 1. The number of hydrogen-bond acceptors (Lipinski definition) is 3. The van der Waals surface area contributed by atoms with E-state index in [-0.39, 0.29) is 11.8 Å². The van der Waals surface area contributed by atoms with Crippen LogP contribution in [0, 0.1) is 5.41 Å². The number of para-hydroxylation sites is 2. The summed E-state index contributed by atoms with van der Waals surface area (Å²) < 4.78 is 0. The fourth-order valence-electron chi connectivity index (χ4n) is 2.20. The average molecular weight is 310 g/mol. The minimum Gasteiger partial charge on any atom is -0.481 e. The molecule has 0 radical (unpaired) electrons. The Hall–Kier alpha value is -2.62. The van der Waals surface area contributed by atoms with Crippen LogP contribution in [0.3, 0.4) is 0 Å². The van der Waals surface area contributed by atoms with Gasteiger partial charge in [-0.3, -0.25) is 9.79 Å². The zero-order valence-corrected chi connectivity index (χ0v) is 13.3. The van der Waals surface area contributed by atoms with Gasteiger partial charge in [0.1, 0.15) is 0 Å². The molecule has 0 heterocycles. The molecule has 0 spiro atoms. The van der Waals surface area contributed by atoms with Crippen LogP contribution in [0.1, 0.15) is 19.8 Å². The highest BCUT2D eigenvalue weighted by molar-refractivity contribution is 5.72. The molecular weight excluding hydrogens is 288 g/mol. The molecule has 2 aromatic rings. The van der Waals surface area contributed by atoms with Crippen LogP contribution in [0.5, 0.6) is 0 Å². The molecule has 0 saturated carbocycles. The SMILES string of the molecule is CC(C=Nc1ccccc1)(CCC(=O)O)CNc1ccccc1. The van der Waals surface area contributed by atoms with E-state index in [4.69, 9.17) is 5.11 Å². The van der Waals surface area contributed by atoms with E-state index in [1.165, 1.54) is 0 Å². The van der Waals surface area contributed by atoms with Crippen LogP contribution in [-0.2, 0) is 4.79 Å². The van der Waals surface area contributed by atoms with Gasteiger partial charge in [0.2, 0.25) is 0 Å². The molecule has 1 unspecified atom stereocenters. The Labute approximate surface area is 136 Å². The summed E-state index contributed by atoms with van der Waals surface area (Å²) in [7, 11) is 0. The maximum Gasteiger partial charge on any atom is 0.303 e. The predicted molar refractivity (Wildman–Crippen MR) is 94.5 cm³/mol. The first-order valence-electron chi connectivity index (χ1n) is 7.68. The molecule has 23 heavy (non-hydrogen) atoms. The number of hydrogen-bond donors (Lipinski definition) is 2. The Bertz CT molecular complexity index is 641. The molecule has 0 aliphatic heterocycles. The quantitative estimate of drug-likeness (QED) is 0.712. The lowest BCUT2D eigenvalue weighted by Crippen LogP contribution is -2.29. The van der Waals surface area contributed by atoms with Crippen molar-refractivity contribution in [3.63, 3.8) is 0 Å². The number of anilines is 1. The van der Waals surface area contributed by atoms with Crippen LogP contribution >= 0.6 is 0 Å². The van der Waals surface area contributed by atoms with E-state index in [0.29, 0.717) is 13.0 Å². The van der Waals surface area contributed by atoms with Crippen molar-refractivity contribution in [3.05, 3.63) is 60.7 Å². The summed E-state index contributed by atoms with van der Waals surface area (Å²) in [5.41, 5.74) is 1.54. The van der Waals surface area contributed by atoms with Crippen molar-refractivity contribution in [3.8, 4) is 0 Å². The van der Waals surface area contributed by atoms with Crippen LogP contribution < -0.4 is 5.32 Å². The lowest BCUT2D eigenvalue weighted by molar-refractivity contribution is -0.137. The summed E-state index contributed by atoms with van der Waals surface area (Å²) in [4.78, 5) is 15.4. The number of aliphatic imine (C=N–C) groups is 1. The molecule has 0 aromatic heterocycles. The van der Waals surface area contributed by atoms with Gasteiger partial charge < -0.3 is 10.4 Å². The number of nitrogens with one attached hydrogen (secondary N) is 1. The van der Waals surface area contributed by atoms with Gasteiger partial charge >= 0.3 is 5.97 Å². The lowest BCUT2D eigenvalue weighted by Gasteiger charge is -2.25. The van der Waals surface area contributed by atoms with E-state index >= 15 is 0 Å². The van der Waals surface area contributed by atoms with E-state index in [1.807, 2.05) is 73.8 Å². The van der Waals surface area contributed by atoms with Crippen molar-refractivity contribution < 1.29 is 9.90 Å². The van der Waals surface area contributed by atoms with Gasteiger partial charge in [-0.2, -0.15) is 0 Å². The summed E-state index contributed by atoms with van der Waals surface area (Å²) in [5.74, 6) is -0.788. The van der Waals surface area contributed by atoms with Crippen LogP contribution in [0.2, 0.25) is 0 Å². The predicted octanol–water partition coefficient (Wildman–Crippen LogP) is 4.37. The third-order valence-corrected chi connectivity index (χ3v) is 3.66. The fourth-order valence-corrected chi connectivity index (χ4v) is 2.20. The Balaban J connectivity index is 2.07. The van der Waals surface area contributed by atoms with Crippen molar-refractivity contribution in [2.75, 3.05) is 11.9 Å². The third-order valence-electron chi connectivity index (χ3n) is 3.66. The van der Waals surface area contributed by atoms with Gasteiger partial charge in [-0.25, -0.2) is 0 Å². The van der Waals surface area contributed by atoms with Crippen molar-refractivity contribution in [1.29, 1.82) is 0 Å². The number of benzene rings is 2. The standard InChI is InChI=1S/C19H22N2O2/c1-19(13-12-18(22)23,14-20-16-8-4-2-5-9-16)15-21-17-10-6-3-7-11-17/h2-11,14,21H,12-13,15H2,1H3,(H,22,23). The highest BCUT2D eigenvalue weighted by atomic mass is 16.4. The Morgan fingerprint density at radius 3 is 2.35 bits per heavy atom. The highest BCUT2D eigenvalue weighted by Gasteiger charge is 2.23. The molecule has 0 saturated heterocycles. The maximum absolute atomic E-state index is 10.9. The van der Waals surface area contributed by atoms with Crippen molar-refractivity contribution in [2.45, 2.75) is 19.8 Å². The highest BCUT2D eigenvalue weighted by Crippen LogP contribution is 2.24. The van der Waals surface area contributed by atoms with Gasteiger partial charge in [0.25, 0.3) is 0 Å². The minimum atomic E-state index is -0.788. The zero-order chi connectivity index (χ0) is 16.5. The number of carboxylic acids is 1. The molecule has 0 fully saturated rings. The first kappa shape index (κ1) is 16.7. The van der Waals surface area contributed by atoms with E-state index in [1.54, 1.807) is 0 Å². The zero-order valence-electron chi connectivity index (χ0n) is 13.3. The second-order valence-electron chi connectivity index (χ2n) is 5.86. The molecule has 0 amide bonds. The Morgan fingerprint density at radius 2 is 1.74 bits per heavy atom. The summed E-state index contributed by atoms with van der Waals surface area (Å²) in [6.07, 6.45) is 2.51.